The fourth-order valence-electron chi connectivity index (χ4n) is 3.44. The molecule has 1 fully saturated rings. The van der Waals surface area contributed by atoms with Crippen molar-refractivity contribution in [1.29, 1.82) is 0 Å². The van der Waals surface area contributed by atoms with E-state index in [9.17, 15) is 8.42 Å². The van der Waals surface area contributed by atoms with Crippen molar-refractivity contribution in [2.24, 2.45) is 11.8 Å². The maximum Gasteiger partial charge on any atom is 0.243 e. The van der Waals surface area contributed by atoms with Crippen molar-refractivity contribution in [1.82, 2.24) is 4.31 Å². The number of sulfonamides is 1. The number of nitrogens with zero attached hydrogens (tertiary/aromatic N) is 2. The smallest absolute Gasteiger partial charge is 0.243 e. The highest BCUT2D eigenvalue weighted by Crippen LogP contribution is 2.34. The molecule has 2 unspecified atom stereocenters. The van der Waals surface area contributed by atoms with E-state index in [4.69, 9.17) is 4.74 Å². The van der Waals surface area contributed by atoms with Gasteiger partial charge in [0, 0.05) is 20.1 Å². The largest absolute Gasteiger partial charge is 0.490 e. The topological polar surface area (TPSA) is 49.9 Å². The zero-order valence-electron chi connectivity index (χ0n) is 13.4. The molecule has 2 aliphatic heterocycles. The molecule has 2 heterocycles. The first kappa shape index (κ1) is 15.6. The van der Waals surface area contributed by atoms with Crippen LogP contribution in [-0.2, 0) is 10.0 Å². The Morgan fingerprint density at radius 3 is 2.55 bits per heavy atom. The summed E-state index contributed by atoms with van der Waals surface area (Å²) in [5.41, 5.74) is 0.852. The molecule has 0 saturated carbocycles. The highest BCUT2D eigenvalue weighted by atomic mass is 32.2. The molecule has 2 aliphatic rings. The van der Waals surface area contributed by atoms with Gasteiger partial charge in [-0.2, -0.15) is 4.31 Å². The number of benzene rings is 1. The molecule has 6 heteroatoms. The van der Waals surface area contributed by atoms with Crippen LogP contribution in [0.4, 0.5) is 5.69 Å². The van der Waals surface area contributed by atoms with E-state index in [2.05, 4.69) is 13.8 Å². The van der Waals surface area contributed by atoms with Crippen molar-refractivity contribution in [3.63, 3.8) is 0 Å². The Kier molecular flexibility index (Phi) is 4.07. The van der Waals surface area contributed by atoms with Crippen LogP contribution in [0.1, 0.15) is 20.3 Å². The monoisotopic (exact) mass is 324 g/mol. The maximum absolute atomic E-state index is 12.9. The van der Waals surface area contributed by atoms with Crippen molar-refractivity contribution < 1.29 is 13.2 Å². The predicted molar refractivity (Wildman–Crippen MR) is 86.9 cm³/mol. The lowest BCUT2D eigenvalue weighted by molar-refractivity contribution is 0.222. The van der Waals surface area contributed by atoms with Gasteiger partial charge in [-0.15, -0.1) is 0 Å². The zero-order valence-corrected chi connectivity index (χ0v) is 14.3. The van der Waals surface area contributed by atoms with Gasteiger partial charge in [-0.1, -0.05) is 13.8 Å². The summed E-state index contributed by atoms with van der Waals surface area (Å²) in [5.74, 6) is 1.57. The van der Waals surface area contributed by atoms with Crippen LogP contribution in [0.3, 0.4) is 0 Å². The van der Waals surface area contributed by atoms with E-state index < -0.39 is 10.0 Å². The highest BCUT2D eigenvalue weighted by Gasteiger charge is 2.32. The third-order valence-electron chi connectivity index (χ3n) is 4.50. The standard InChI is InChI=1S/C16H24N2O3S/c1-12-8-13(2)11-18(10-12)22(19,20)14-4-5-16-15(9-14)17(3)6-7-21-16/h4-5,9,12-13H,6-8,10-11H2,1-3H3. The van der Waals surface area contributed by atoms with Crippen LogP contribution in [0, 0.1) is 11.8 Å². The Hall–Kier alpha value is -1.27. The summed E-state index contributed by atoms with van der Waals surface area (Å²) >= 11 is 0. The van der Waals surface area contributed by atoms with Crippen molar-refractivity contribution in [2.75, 3.05) is 38.2 Å². The number of fused-ring (bicyclic) bond motifs is 1. The third kappa shape index (κ3) is 2.82. The van der Waals surface area contributed by atoms with Gasteiger partial charge in [0.05, 0.1) is 17.1 Å². The molecular formula is C16H24N2O3S. The number of rotatable bonds is 2. The first-order valence-electron chi connectivity index (χ1n) is 7.86. The molecule has 0 aromatic heterocycles. The summed E-state index contributed by atoms with van der Waals surface area (Å²) < 4.78 is 33.1. The second kappa shape index (κ2) is 5.74. The Bertz CT molecular complexity index is 649. The zero-order chi connectivity index (χ0) is 15.9. The van der Waals surface area contributed by atoms with Crippen molar-refractivity contribution in [3.05, 3.63) is 18.2 Å². The van der Waals surface area contributed by atoms with Crippen LogP contribution in [0.25, 0.3) is 0 Å². The molecule has 1 aromatic carbocycles. The van der Waals surface area contributed by atoms with E-state index in [1.807, 2.05) is 11.9 Å². The van der Waals surface area contributed by atoms with E-state index in [1.54, 1.807) is 22.5 Å². The SMILES string of the molecule is CC1CC(C)CN(S(=O)(=O)c2ccc3c(c2)N(C)CCO3)C1. The molecule has 0 spiro atoms. The highest BCUT2D eigenvalue weighted by molar-refractivity contribution is 7.89. The van der Waals surface area contributed by atoms with Crippen molar-refractivity contribution in [3.8, 4) is 5.75 Å². The minimum atomic E-state index is -3.43. The Labute approximate surface area is 132 Å². The van der Waals surface area contributed by atoms with Gasteiger partial charge in [0.1, 0.15) is 12.4 Å². The fourth-order valence-corrected chi connectivity index (χ4v) is 5.14. The summed E-state index contributed by atoms with van der Waals surface area (Å²) in [6, 6.07) is 5.18. The van der Waals surface area contributed by atoms with E-state index >= 15 is 0 Å². The minimum absolute atomic E-state index is 0.366. The Balaban J connectivity index is 1.94. The van der Waals surface area contributed by atoms with Crippen molar-refractivity contribution in [2.45, 2.75) is 25.2 Å². The first-order chi connectivity index (χ1) is 10.4. The summed E-state index contributed by atoms with van der Waals surface area (Å²) in [6.07, 6.45) is 1.09. The van der Waals surface area contributed by atoms with Crippen LogP contribution < -0.4 is 9.64 Å². The second-order valence-corrected chi connectivity index (χ2v) is 8.61. The molecule has 0 aliphatic carbocycles. The number of ether oxygens (including phenoxy) is 1. The van der Waals surface area contributed by atoms with Crippen LogP contribution in [-0.4, -0.2) is 46.0 Å². The van der Waals surface area contributed by atoms with Gasteiger partial charge in [-0.05, 0) is 36.5 Å². The summed E-state index contributed by atoms with van der Waals surface area (Å²) in [5, 5.41) is 0. The van der Waals surface area contributed by atoms with Gasteiger partial charge in [-0.25, -0.2) is 8.42 Å². The van der Waals surface area contributed by atoms with Crippen LogP contribution >= 0.6 is 0 Å². The summed E-state index contributed by atoms with van der Waals surface area (Å²) in [6.45, 7) is 6.86. The quantitative estimate of drug-likeness (QED) is 0.837. The lowest BCUT2D eigenvalue weighted by Crippen LogP contribution is -2.42. The molecule has 0 N–H and O–H groups in total. The summed E-state index contributed by atoms with van der Waals surface area (Å²) in [4.78, 5) is 2.41. The molecule has 2 atom stereocenters. The normalized spacial score (nSPS) is 26.4. The van der Waals surface area contributed by atoms with Crippen molar-refractivity contribution >= 4 is 15.7 Å². The average molecular weight is 324 g/mol. The molecule has 5 nitrogen and oxygen atoms in total. The average Bonchev–Trinajstić information content (AvgIpc) is 2.46. The minimum Gasteiger partial charge on any atom is -0.490 e. The number of hydrogen-bond acceptors (Lipinski definition) is 4. The van der Waals surface area contributed by atoms with Gasteiger partial charge in [-0.3, -0.25) is 0 Å². The lowest BCUT2D eigenvalue weighted by atomic mass is 9.94. The fraction of sp³-hybridized carbons (Fsp3) is 0.625. The second-order valence-electron chi connectivity index (χ2n) is 6.67. The Morgan fingerprint density at radius 2 is 1.86 bits per heavy atom. The number of piperidine rings is 1. The molecule has 1 saturated heterocycles. The van der Waals surface area contributed by atoms with Gasteiger partial charge in [0.2, 0.25) is 10.0 Å². The lowest BCUT2D eigenvalue weighted by Gasteiger charge is -2.34. The molecule has 0 radical (unpaired) electrons. The molecular weight excluding hydrogens is 300 g/mol. The predicted octanol–water partition coefficient (Wildman–Crippen LogP) is 2.18. The van der Waals surface area contributed by atoms with Crippen LogP contribution in [0.15, 0.2) is 23.1 Å². The van der Waals surface area contributed by atoms with Gasteiger partial charge >= 0.3 is 0 Å². The molecule has 22 heavy (non-hydrogen) atoms. The molecule has 0 amide bonds. The molecule has 122 valence electrons. The number of hydrogen-bond donors (Lipinski definition) is 0. The van der Waals surface area contributed by atoms with E-state index in [0.717, 1.165) is 24.4 Å². The maximum atomic E-state index is 12.9. The summed E-state index contributed by atoms with van der Waals surface area (Å²) in [7, 11) is -1.47. The number of likely N-dealkylation sites (N-methyl/N-ethyl adjacent to an activating group) is 1. The van der Waals surface area contributed by atoms with Gasteiger partial charge in [0.15, 0.2) is 0 Å². The van der Waals surface area contributed by atoms with Gasteiger partial charge in [0.25, 0.3) is 0 Å². The molecule has 0 bridgehead atoms. The molecule has 3 rings (SSSR count). The molecule has 1 aromatic rings. The number of anilines is 1. The van der Waals surface area contributed by atoms with E-state index in [-0.39, 0.29) is 0 Å². The third-order valence-corrected chi connectivity index (χ3v) is 6.33. The first-order valence-corrected chi connectivity index (χ1v) is 9.30. The Morgan fingerprint density at radius 1 is 1.18 bits per heavy atom. The van der Waals surface area contributed by atoms with Crippen LogP contribution in [0.5, 0.6) is 5.75 Å². The van der Waals surface area contributed by atoms with E-state index in [1.165, 1.54) is 0 Å². The van der Waals surface area contributed by atoms with Crippen LogP contribution in [0.2, 0.25) is 0 Å². The van der Waals surface area contributed by atoms with E-state index in [0.29, 0.717) is 36.4 Å². The van der Waals surface area contributed by atoms with Gasteiger partial charge < -0.3 is 9.64 Å².